The fourth-order valence-corrected chi connectivity index (χ4v) is 5.26. The van der Waals surface area contributed by atoms with Crippen molar-refractivity contribution in [3.63, 3.8) is 0 Å². The molecule has 10 heteroatoms. The zero-order valence-electron chi connectivity index (χ0n) is 18.7. The van der Waals surface area contributed by atoms with E-state index in [1.54, 1.807) is 11.0 Å². The third kappa shape index (κ3) is 3.77. The number of hydrogen-bond acceptors (Lipinski definition) is 8. The molecular weight excluding hydrogens is 409 g/mol. The van der Waals surface area contributed by atoms with Crippen molar-refractivity contribution in [1.82, 2.24) is 30.4 Å². The number of nitrogens with zero attached hydrogens (tertiary/aromatic N) is 6. The molecular formula is C22H30FN9. The van der Waals surface area contributed by atoms with Crippen molar-refractivity contribution in [1.29, 1.82) is 0 Å². The van der Waals surface area contributed by atoms with E-state index >= 15 is 4.39 Å². The van der Waals surface area contributed by atoms with Crippen LogP contribution < -0.4 is 16.4 Å². The van der Waals surface area contributed by atoms with E-state index in [1.807, 2.05) is 25.1 Å². The molecule has 170 valence electrons. The van der Waals surface area contributed by atoms with Gasteiger partial charge in [-0.25, -0.2) is 14.1 Å². The van der Waals surface area contributed by atoms with Crippen LogP contribution in [0.3, 0.4) is 0 Å². The summed E-state index contributed by atoms with van der Waals surface area (Å²) >= 11 is 0. The molecule has 2 fully saturated rings. The van der Waals surface area contributed by atoms with Crippen molar-refractivity contribution < 1.29 is 4.39 Å². The zero-order chi connectivity index (χ0) is 22.5. The number of guanidine groups is 1. The number of aryl methyl sites for hydroxylation is 1. The first kappa shape index (κ1) is 21.0. The summed E-state index contributed by atoms with van der Waals surface area (Å²) in [7, 11) is 0. The number of halogens is 1. The second kappa shape index (κ2) is 7.93. The van der Waals surface area contributed by atoms with Crippen LogP contribution in [0.25, 0.3) is 5.69 Å². The monoisotopic (exact) mass is 439 g/mol. The lowest BCUT2D eigenvalue weighted by Gasteiger charge is -2.47. The van der Waals surface area contributed by atoms with Crippen LogP contribution in [0.15, 0.2) is 41.5 Å². The fraction of sp³-hybridized carbons (Fsp3) is 0.545. The Morgan fingerprint density at radius 2 is 1.97 bits per heavy atom. The Kier molecular flexibility index (Phi) is 5.21. The van der Waals surface area contributed by atoms with Crippen LogP contribution in [0.1, 0.15) is 45.1 Å². The van der Waals surface area contributed by atoms with Gasteiger partial charge < -0.3 is 16.4 Å². The SMILES string of the molecule is Cc1ccc(NC2=NC(N)(C3CC(C)N(C4CC4)C(C)C3)C(F)=CN2)cc1-n1cnnn1. The summed E-state index contributed by atoms with van der Waals surface area (Å²) in [5.41, 5.74) is 7.91. The first-order valence-electron chi connectivity index (χ1n) is 11.2. The van der Waals surface area contributed by atoms with Gasteiger partial charge in [0.2, 0.25) is 5.96 Å². The number of nitrogens with two attached hydrogens (primary N) is 1. The van der Waals surface area contributed by atoms with Crippen molar-refractivity contribution in [3.05, 3.63) is 42.1 Å². The molecule has 3 atom stereocenters. The third-order valence-electron chi connectivity index (χ3n) is 6.94. The lowest BCUT2D eigenvalue weighted by atomic mass is 9.78. The molecule has 0 amide bonds. The molecule has 1 aliphatic carbocycles. The van der Waals surface area contributed by atoms with Gasteiger partial charge in [-0.2, -0.15) is 0 Å². The quantitative estimate of drug-likeness (QED) is 0.671. The van der Waals surface area contributed by atoms with Gasteiger partial charge in [-0.1, -0.05) is 6.07 Å². The van der Waals surface area contributed by atoms with E-state index in [0.29, 0.717) is 24.1 Å². The molecule has 4 N–H and O–H groups in total. The van der Waals surface area contributed by atoms with E-state index in [-0.39, 0.29) is 5.92 Å². The van der Waals surface area contributed by atoms with Crippen LogP contribution in [0.5, 0.6) is 0 Å². The Labute approximate surface area is 186 Å². The summed E-state index contributed by atoms with van der Waals surface area (Å²) in [5.74, 6) is -0.0802. The van der Waals surface area contributed by atoms with Crippen molar-refractivity contribution in [3.8, 4) is 5.69 Å². The normalized spacial score (nSPS) is 31.0. The highest BCUT2D eigenvalue weighted by molar-refractivity contribution is 5.95. The molecule has 1 aromatic carbocycles. The molecule has 2 aliphatic heterocycles. The predicted molar refractivity (Wildman–Crippen MR) is 121 cm³/mol. The average Bonchev–Trinajstić information content (AvgIpc) is 3.43. The summed E-state index contributed by atoms with van der Waals surface area (Å²) in [5, 5.41) is 17.5. The number of anilines is 1. The van der Waals surface area contributed by atoms with E-state index in [4.69, 9.17) is 5.73 Å². The number of nitrogens with one attached hydrogen (secondary N) is 2. The summed E-state index contributed by atoms with van der Waals surface area (Å²) in [4.78, 5) is 7.23. The molecule has 0 spiro atoms. The van der Waals surface area contributed by atoms with E-state index in [9.17, 15) is 0 Å². The van der Waals surface area contributed by atoms with E-state index < -0.39 is 11.5 Å². The van der Waals surface area contributed by atoms with Crippen molar-refractivity contribution in [2.24, 2.45) is 16.6 Å². The Hall–Kier alpha value is -2.85. The number of hydrogen-bond donors (Lipinski definition) is 3. The molecule has 3 heterocycles. The molecule has 1 saturated carbocycles. The lowest BCUT2D eigenvalue weighted by Crippen LogP contribution is -2.58. The summed E-state index contributed by atoms with van der Waals surface area (Å²) < 4.78 is 16.7. The second-order valence-electron chi connectivity index (χ2n) is 9.35. The standard InChI is InChI=1S/C22H30FN9/c1-13-4-5-17(10-19(13)31-12-26-29-30-31)27-21-25-11-20(23)22(24,28-21)16-8-14(2)32(15(3)9-16)18-6-7-18/h4-5,10-12,14-16,18H,6-9,24H2,1-3H3,(H2,25,27,28). The van der Waals surface area contributed by atoms with Gasteiger partial charge in [0, 0.05) is 35.9 Å². The number of likely N-dealkylation sites (tertiary alicyclic amines) is 1. The summed E-state index contributed by atoms with van der Waals surface area (Å²) in [6.07, 6.45) is 7.05. The molecule has 1 aromatic heterocycles. The number of aliphatic imine (C=N–C) groups is 1. The molecule has 2 aromatic rings. The number of aromatic nitrogens is 4. The number of tetrazole rings is 1. The van der Waals surface area contributed by atoms with Gasteiger partial charge in [0.05, 0.1) is 5.69 Å². The van der Waals surface area contributed by atoms with Crippen LogP contribution in [0.4, 0.5) is 10.1 Å². The Morgan fingerprint density at radius 3 is 2.62 bits per heavy atom. The van der Waals surface area contributed by atoms with Gasteiger partial charge in [0.1, 0.15) is 6.33 Å². The van der Waals surface area contributed by atoms with Crippen molar-refractivity contribution in [2.45, 2.75) is 70.2 Å². The first-order chi connectivity index (χ1) is 15.3. The van der Waals surface area contributed by atoms with Crippen LogP contribution in [-0.4, -0.2) is 54.9 Å². The van der Waals surface area contributed by atoms with Crippen LogP contribution >= 0.6 is 0 Å². The van der Waals surface area contributed by atoms with Gasteiger partial charge in [-0.3, -0.25) is 4.90 Å². The van der Waals surface area contributed by atoms with Crippen LogP contribution in [0, 0.1) is 12.8 Å². The second-order valence-corrected chi connectivity index (χ2v) is 9.35. The average molecular weight is 440 g/mol. The predicted octanol–water partition coefficient (Wildman–Crippen LogP) is 2.46. The highest BCUT2D eigenvalue weighted by Gasteiger charge is 2.48. The van der Waals surface area contributed by atoms with E-state index in [0.717, 1.165) is 29.8 Å². The number of rotatable bonds is 4. The molecule has 5 rings (SSSR count). The molecule has 32 heavy (non-hydrogen) atoms. The van der Waals surface area contributed by atoms with Crippen molar-refractivity contribution >= 4 is 11.6 Å². The van der Waals surface area contributed by atoms with E-state index in [1.165, 1.54) is 19.0 Å². The number of piperidine rings is 1. The topological polar surface area (TPSA) is 109 Å². The molecule has 1 saturated heterocycles. The van der Waals surface area contributed by atoms with Crippen LogP contribution in [0.2, 0.25) is 0 Å². The Balaban J connectivity index is 1.38. The van der Waals surface area contributed by atoms with Gasteiger partial charge in [0.15, 0.2) is 11.5 Å². The van der Waals surface area contributed by atoms with E-state index in [2.05, 4.69) is 49.9 Å². The zero-order valence-corrected chi connectivity index (χ0v) is 18.7. The molecule has 3 aliphatic rings. The highest BCUT2D eigenvalue weighted by Crippen LogP contribution is 2.43. The Bertz CT molecular complexity index is 1030. The minimum atomic E-state index is -1.38. The maximum absolute atomic E-state index is 15.1. The summed E-state index contributed by atoms with van der Waals surface area (Å²) in [6, 6.07) is 7.22. The van der Waals surface area contributed by atoms with Gasteiger partial charge in [0.25, 0.3) is 0 Å². The fourth-order valence-electron chi connectivity index (χ4n) is 5.26. The minimum absolute atomic E-state index is 0.0764. The first-order valence-corrected chi connectivity index (χ1v) is 11.2. The Morgan fingerprint density at radius 1 is 1.22 bits per heavy atom. The largest absolute Gasteiger partial charge is 0.330 e. The third-order valence-corrected chi connectivity index (χ3v) is 6.94. The van der Waals surface area contributed by atoms with Crippen molar-refractivity contribution in [2.75, 3.05) is 5.32 Å². The van der Waals surface area contributed by atoms with Crippen LogP contribution in [-0.2, 0) is 0 Å². The maximum atomic E-state index is 15.1. The highest BCUT2D eigenvalue weighted by atomic mass is 19.1. The molecule has 0 radical (unpaired) electrons. The smallest absolute Gasteiger partial charge is 0.202 e. The molecule has 3 unspecified atom stereocenters. The molecule has 0 bridgehead atoms. The number of benzene rings is 1. The molecule has 9 nitrogen and oxygen atoms in total. The van der Waals surface area contributed by atoms with Gasteiger partial charge >= 0.3 is 0 Å². The van der Waals surface area contributed by atoms with Gasteiger partial charge in [-0.15, -0.1) is 5.10 Å². The summed E-state index contributed by atoms with van der Waals surface area (Å²) in [6.45, 7) is 6.43. The maximum Gasteiger partial charge on any atom is 0.202 e. The lowest BCUT2D eigenvalue weighted by molar-refractivity contribution is 0.0373. The van der Waals surface area contributed by atoms with Gasteiger partial charge in [-0.05, 0) is 74.6 Å². The minimum Gasteiger partial charge on any atom is -0.330 e.